The van der Waals surface area contributed by atoms with Crippen LogP contribution < -0.4 is 18.9 Å². The number of nitriles is 1. The SMILES string of the molecule is COc1cc(-c2nc3cc([N+](=O)[O-])cc([N+](=O)[O-])c3cc2-c2ccc(OCC#N)cc2)cc(OC)c1OC. The number of ether oxygens (including phenoxy) is 4. The van der Waals surface area contributed by atoms with Gasteiger partial charge in [0.1, 0.15) is 11.8 Å². The van der Waals surface area contributed by atoms with Gasteiger partial charge in [0.05, 0.1) is 53.8 Å². The molecule has 0 aliphatic heterocycles. The summed E-state index contributed by atoms with van der Waals surface area (Å²) in [5, 5.41) is 32.2. The van der Waals surface area contributed by atoms with Gasteiger partial charge in [-0.1, -0.05) is 12.1 Å². The quantitative estimate of drug-likeness (QED) is 0.210. The molecule has 4 aromatic rings. The van der Waals surface area contributed by atoms with Gasteiger partial charge in [0.25, 0.3) is 11.4 Å². The molecular formula is C26H20N4O8. The van der Waals surface area contributed by atoms with Crippen molar-refractivity contribution >= 4 is 22.3 Å². The molecule has 0 radical (unpaired) electrons. The van der Waals surface area contributed by atoms with E-state index >= 15 is 0 Å². The molecule has 12 nitrogen and oxygen atoms in total. The Labute approximate surface area is 215 Å². The molecule has 0 saturated carbocycles. The molecule has 0 amide bonds. The summed E-state index contributed by atoms with van der Waals surface area (Å²) in [5.41, 5.74) is 1.14. The molecule has 38 heavy (non-hydrogen) atoms. The maximum absolute atomic E-state index is 11.8. The van der Waals surface area contributed by atoms with Crippen LogP contribution in [0, 0.1) is 31.6 Å². The fourth-order valence-corrected chi connectivity index (χ4v) is 4.00. The maximum atomic E-state index is 11.8. The summed E-state index contributed by atoms with van der Waals surface area (Å²) in [7, 11) is 4.39. The van der Waals surface area contributed by atoms with Crippen LogP contribution in [0.25, 0.3) is 33.3 Å². The molecule has 0 aliphatic carbocycles. The fraction of sp³-hybridized carbons (Fsp3) is 0.154. The van der Waals surface area contributed by atoms with Gasteiger partial charge in [-0.25, -0.2) is 4.98 Å². The van der Waals surface area contributed by atoms with E-state index in [0.717, 1.165) is 6.07 Å². The second-order valence-corrected chi connectivity index (χ2v) is 7.82. The molecule has 0 saturated heterocycles. The Kier molecular flexibility index (Phi) is 7.20. The Morgan fingerprint density at radius 2 is 1.53 bits per heavy atom. The zero-order valence-corrected chi connectivity index (χ0v) is 20.5. The number of nitro groups is 2. The molecular weight excluding hydrogens is 496 g/mol. The van der Waals surface area contributed by atoms with Gasteiger partial charge < -0.3 is 18.9 Å². The Morgan fingerprint density at radius 1 is 0.868 bits per heavy atom. The molecule has 0 bridgehead atoms. The van der Waals surface area contributed by atoms with Crippen LogP contribution in [-0.2, 0) is 0 Å². The largest absolute Gasteiger partial charge is 0.493 e. The third-order valence-electron chi connectivity index (χ3n) is 5.71. The summed E-state index contributed by atoms with van der Waals surface area (Å²) in [6.45, 7) is -0.126. The van der Waals surface area contributed by atoms with Crippen molar-refractivity contribution in [1.82, 2.24) is 4.98 Å². The topological polar surface area (TPSA) is 160 Å². The summed E-state index contributed by atoms with van der Waals surface area (Å²) in [6, 6.07) is 15.6. The number of nitrogens with zero attached hydrogens (tertiary/aromatic N) is 4. The van der Waals surface area contributed by atoms with Crippen molar-refractivity contribution in [1.29, 1.82) is 5.26 Å². The highest BCUT2D eigenvalue weighted by Gasteiger charge is 2.24. The predicted molar refractivity (Wildman–Crippen MR) is 137 cm³/mol. The molecule has 0 aliphatic rings. The van der Waals surface area contributed by atoms with Crippen LogP contribution in [0.15, 0.2) is 54.6 Å². The van der Waals surface area contributed by atoms with Crippen LogP contribution in [-0.4, -0.2) is 42.8 Å². The van der Waals surface area contributed by atoms with E-state index < -0.39 is 21.2 Å². The molecule has 0 atom stereocenters. The molecule has 0 unspecified atom stereocenters. The van der Waals surface area contributed by atoms with Gasteiger partial charge in [0, 0.05) is 17.2 Å². The number of hydrogen-bond donors (Lipinski definition) is 0. The van der Waals surface area contributed by atoms with Crippen molar-refractivity contribution in [3.8, 4) is 51.5 Å². The third-order valence-corrected chi connectivity index (χ3v) is 5.71. The lowest BCUT2D eigenvalue weighted by molar-refractivity contribution is -0.393. The van der Waals surface area contributed by atoms with Crippen LogP contribution in [0.5, 0.6) is 23.0 Å². The summed E-state index contributed by atoms with van der Waals surface area (Å²) in [6.07, 6.45) is 0. The number of fused-ring (bicyclic) bond motifs is 1. The minimum atomic E-state index is -0.707. The average molecular weight is 516 g/mol. The van der Waals surface area contributed by atoms with E-state index in [1.54, 1.807) is 42.5 Å². The van der Waals surface area contributed by atoms with Gasteiger partial charge in [-0.15, -0.1) is 0 Å². The van der Waals surface area contributed by atoms with Gasteiger partial charge in [-0.05, 0) is 35.9 Å². The first-order chi connectivity index (χ1) is 18.3. The lowest BCUT2D eigenvalue weighted by atomic mass is 9.96. The first kappa shape index (κ1) is 25.6. The monoisotopic (exact) mass is 516 g/mol. The molecule has 0 fully saturated rings. The normalized spacial score (nSPS) is 10.5. The zero-order valence-electron chi connectivity index (χ0n) is 20.5. The van der Waals surface area contributed by atoms with Gasteiger partial charge in [-0.2, -0.15) is 5.26 Å². The molecule has 1 aromatic heterocycles. The number of benzene rings is 3. The zero-order chi connectivity index (χ0) is 27.4. The van der Waals surface area contributed by atoms with Gasteiger partial charge >= 0.3 is 0 Å². The minimum Gasteiger partial charge on any atom is -0.493 e. The molecule has 1 heterocycles. The highest BCUT2D eigenvalue weighted by Crippen LogP contribution is 2.44. The van der Waals surface area contributed by atoms with Crippen molar-refractivity contribution in [2.45, 2.75) is 0 Å². The molecule has 0 N–H and O–H groups in total. The van der Waals surface area contributed by atoms with E-state index in [2.05, 4.69) is 4.98 Å². The number of aromatic nitrogens is 1. The molecule has 192 valence electrons. The van der Waals surface area contributed by atoms with E-state index in [1.807, 2.05) is 6.07 Å². The minimum absolute atomic E-state index is 0.0624. The van der Waals surface area contributed by atoms with Gasteiger partial charge in [0.15, 0.2) is 18.1 Å². The molecule has 3 aromatic carbocycles. The smallest absolute Gasteiger partial charge is 0.285 e. The maximum Gasteiger partial charge on any atom is 0.285 e. The van der Waals surface area contributed by atoms with E-state index in [9.17, 15) is 20.2 Å². The molecule has 0 spiro atoms. The fourth-order valence-electron chi connectivity index (χ4n) is 4.00. The highest BCUT2D eigenvalue weighted by molar-refractivity contribution is 5.98. The van der Waals surface area contributed by atoms with Gasteiger partial charge in [-0.3, -0.25) is 20.2 Å². The van der Waals surface area contributed by atoms with E-state index in [4.69, 9.17) is 24.2 Å². The number of pyridine rings is 1. The number of rotatable bonds is 9. The van der Waals surface area contributed by atoms with Crippen LogP contribution >= 0.6 is 0 Å². The number of nitro benzene ring substituents is 2. The lowest BCUT2D eigenvalue weighted by Gasteiger charge is -2.16. The van der Waals surface area contributed by atoms with Crippen molar-refractivity contribution in [3.05, 3.63) is 74.8 Å². The first-order valence-corrected chi connectivity index (χ1v) is 11.0. The summed E-state index contributed by atoms with van der Waals surface area (Å²) in [5.74, 6) is 1.51. The number of methoxy groups -OCH3 is 3. The van der Waals surface area contributed by atoms with E-state index in [1.165, 1.54) is 27.4 Å². The Hall–Kier alpha value is -5.44. The second-order valence-electron chi connectivity index (χ2n) is 7.82. The van der Waals surface area contributed by atoms with E-state index in [-0.39, 0.29) is 17.5 Å². The Bertz CT molecular complexity index is 1570. The summed E-state index contributed by atoms with van der Waals surface area (Å²) < 4.78 is 21.7. The third kappa shape index (κ3) is 4.80. The van der Waals surface area contributed by atoms with Crippen molar-refractivity contribution in [2.24, 2.45) is 0 Å². The Morgan fingerprint density at radius 3 is 2.05 bits per heavy atom. The standard InChI is InChI=1S/C26H20N4O8/c1-35-23-10-16(11-24(36-2)26(23)37-3)25-19(15-4-6-18(7-5-15)38-9-8-27)14-20-21(28-25)12-17(29(31)32)13-22(20)30(33)34/h4-7,10-14H,9H2,1-3H3. The van der Waals surface area contributed by atoms with Crippen LogP contribution in [0.1, 0.15) is 0 Å². The van der Waals surface area contributed by atoms with Crippen molar-refractivity contribution < 1.29 is 28.8 Å². The summed E-state index contributed by atoms with van der Waals surface area (Å²) in [4.78, 5) is 26.6. The first-order valence-electron chi connectivity index (χ1n) is 11.0. The van der Waals surface area contributed by atoms with Gasteiger partial charge in [0.2, 0.25) is 5.75 Å². The predicted octanol–water partition coefficient (Wildman–Crippen LogP) is 5.31. The second kappa shape index (κ2) is 10.7. The van der Waals surface area contributed by atoms with Crippen LogP contribution in [0.4, 0.5) is 11.4 Å². The van der Waals surface area contributed by atoms with Crippen molar-refractivity contribution in [2.75, 3.05) is 27.9 Å². The summed E-state index contributed by atoms with van der Waals surface area (Å²) >= 11 is 0. The Balaban J connectivity index is 2.06. The highest BCUT2D eigenvalue weighted by atomic mass is 16.6. The molecule has 12 heteroatoms. The molecule has 4 rings (SSSR count). The number of non-ortho nitro benzene ring substituents is 2. The number of hydrogen-bond acceptors (Lipinski definition) is 10. The van der Waals surface area contributed by atoms with E-state index in [0.29, 0.717) is 45.4 Å². The lowest BCUT2D eigenvalue weighted by Crippen LogP contribution is -1.99. The average Bonchev–Trinajstić information content (AvgIpc) is 2.93. The van der Waals surface area contributed by atoms with Crippen LogP contribution in [0.3, 0.4) is 0 Å². The van der Waals surface area contributed by atoms with Crippen molar-refractivity contribution in [3.63, 3.8) is 0 Å². The van der Waals surface area contributed by atoms with Crippen LogP contribution in [0.2, 0.25) is 0 Å².